The van der Waals surface area contributed by atoms with Crippen molar-refractivity contribution >= 4 is 33.4 Å². The fourth-order valence-corrected chi connectivity index (χ4v) is 5.53. The maximum atomic E-state index is 12.7. The van der Waals surface area contributed by atoms with Crippen molar-refractivity contribution < 1.29 is 13.2 Å². The second-order valence-corrected chi connectivity index (χ2v) is 10.1. The van der Waals surface area contributed by atoms with Crippen LogP contribution in [0, 0.1) is 13.8 Å². The lowest BCUT2D eigenvalue weighted by atomic mass is 10.2. The van der Waals surface area contributed by atoms with Gasteiger partial charge in [-0.25, -0.2) is 18.4 Å². The number of nitrogens with zero attached hydrogens (tertiary/aromatic N) is 3. The highest BCUT2D eigenvalue weighted by molar-refractivity contribution is 7.99. The molecule has 9 heteroatoms. The molecular weight excluding hydrogens is 444 g/mol. The molecule has 7 nitrogen and oxygen atoms in total. The molecule has 0 radical (unpaired) electrons. The van der Waals surface area contributed by atoms with Crippen LogP contribution in [0.3, 0.4) is 0 Å². The molecule has 0 saturated heterocycles. The molecule has 0 aliphatic heterocycles. The maximum absolute atomic E-state index is 12.7. The summed E-state index contributed by atoms with van der Waals surface area (Å²) in [5.74, 6) is -0.375. The van der Waals surface area contributed by atoms with Crippen LogP contribution >= 0.6 is 11.8 Å². The maximum Gasteiger partial charge on any atom is 0.255 e. The number of rotatable bonds is 8. The van der Waals surface area contributed by atoms with E-state index < -0.39 is 10.0 Å². The van der Waals surface area contributed by atoms with Crippen molar-refractivity contribution in [3.8, 4) is 0 Å². The first-order valence-electron chi connectivity index (χ1n) is 10.2. The third-order valence-electron chi connectivity index (χ3n) is 4.72. The Hall–Kier alpha value is -2.75. The largest absolute Gasteiger partial charge is 0.322 e. The summed E-state index contributed by atoms with van der Waals surface area (Å²) in [5, 5.41) is 3.49. The number of carbonyl (C=O) groups excluding carboxylic acids is 1. The highest BCUT2D eigenvalue weighted by atomic mass is 32.2. The van der Waals surface area contributed by atoms with Gasteiger partial charge in [0.25, 0.3) is 5.91 Å². The van der Waals surface area contributed by atoms with Gasteiger partial charge in [0, 0.05) is 40.6 Å². The van der Waals surface area contributed by atoms with E-state index in [1.54, 1.807) is 38.1 Å². The number of benzene rings is 2. The number of aryl methyl sites for hydroxylation is 2. The highest BCUT2D eigenvalue weighted by Gasteiger charge is 2.22. The van der Waals surface area contributed by atoms with Gasteiger partial charge in [-0.3, -0.25) is 4.79 Å². The van der Waals surface area contributed by atoms with Crippen LogP contribution in [0.2, 0.25) is 0 Å². The molecule has 0 saturated carbocycles. The normalized spacial score (nSPS) is 11.5. The summed E-state index contributed by atoms with van der Waals surface area (Å²) in [4.78, 5) is 22.6. The quantitative estimate of drug-likeness (QED) is 0.487. The summed E-state index contributed by atoms with van der Waals surface area (Å²) in [5.41, 5.74) is 2.71. The number of carbonyl (C=O) groups is 1. The van der Waals surface area contributed by atoms with E-state index in [0.29, 0.717) is 23.9 Å². The molecule has 0 spiro atoms. The Balaban J connectivity index is 1.72. The van der Waals surface area contributed by atoms with Crippen LogP contribution in [0.1, 0.15) is 35.6 Å². The van der Waals surface area contributed by atoms with E-state index in [0.717, 1.165) is 16.3 Å². The van der Waals surface area contributed by atoms with Crippen molar-refractivity contribution in [1.29, 1.82) is 0 Å². The van der Waals surface area contributed by atoms with Gasteiger partial charge in [-0.1, -0.05) is 19.9 Å². The molecular formula is C23H26N4O3S2. The molecule has 2 aromatic carbocycles. The number of hydrogen-bond acceptors (Lipinski definition) is 6. The monoisotopic (exact) mass is 470 g/mol. The summed E-state index contributed by atoms with van der Waals surface area (Å²) in [6.07, 6.45) is 0. The van der Waals surface area contributed by atoms with Crippen molar-refractivity contribution in [3.63, 3.8) is 0 Å². The number of anilines is 1. The number of aromatic nitrogens is 2. The first-order valence-corrected chi connectivity index (χ1v) is 12.5. The SMILES string of the molecule is CCN(CC)S(=O)(=O)c1cccc(C(=O)Nc2ccc(Sc3nc(C)cc(C)n3)cc2)c1. The number of hydrogen-bond donors (Lipinski definition) is 1. The van der Waals surface area contributed by atoms with Gasteiger partial charge in [0.1, 0.15) is 0 Å². The van der Waals surface area contributed by atoms with Crippen LogP contribution in [0.5, 0.6) is 0 Å². The molecule has 0 aliphatic carbocycles. The minimum atomic E-state index is -3.63. The second-order valence-electron chi connectivity index (χ2n) is 7.13. The zero-order valence-electron chi connectivity index (χ0n) is 18.5. The van der Waals surface area contributed by atoms with Gasteiger partial charge in [0.2, 0.25) is 10.0 Å². The molecule has 1 N–H and O–H groups in total. The first-order chi connectivity index (χ1) is 15.2. The van der Waals surface area contributed by atoms with Gasteiger partial charge in [-0.2, -0.15) is 4.31 Å². The lowest BCUT2D eigenvalue weighted by molar-refractivity contribution is 0.102. The molecule has 0 atom stereocenters. The van der Waals surface area contributed by atoms with E-state index in [4.69, 9.17) is 0 Å². The van der Waals surface area contributed by atoms with E-state index in [2.05, 4.69) is 15.3 Å². The molecule has 0 fully saturated rings. The van der Waals surface area contributed by atoms with Gasteiger partial charge in [0.05, 0.1) is 4.90 Å². The lowest BCUT2D eigenvalue weighted by Gasteiger charge is -2.18. The molecule has 3 aromatic rings. The predicted molar refractivity (Wildman–Crippen MR) is 127 cm³/mol. The molecule has 1 amide bonds. The molecule has 32 heavy (non-hydrogen) atoms. The van der Waals surface area contributed by atoms with Gasteiger partial charge in [0.15, 0.2) is 5.16 Å². The zero-order valence-corrected chi connectivity index (χ0v) is 20.1. The number of amides is 1. The highest BCUT2D eigenvalue weighted by Crippen LogP contribution is 2.26. The first kappa shape index (κ1) is 23.9. The minimum Gasteiger partial charge on any atom is -0.322 e. The summed E-state index contributed by atoms with van der Waals surface area (Å²) in [7, 11) is -3.63. The molecule has 0 aliphatic rings. The van der Waals surface area contributed by atoms with Crippen molar-refractivity contribution in [2.75, 3.05) is 18.4 Å². The Labute approximate surface area is 193 Å². The van der Waals surface area contributed by atoms with Crippen LogP contribution in [-0.4, -0.2) is 41.7 Å². The molecule has 1 aromatic heterocycles. The standard InChI is InChI=1S/C23H26N4O3S2/c1-5-27(6-2)32(29,30)21-9-7-8-18(15-21)22(28)26-19-10-12-20(13-11-19)31-23-24-16(3)14-17(4)25-23/h7-15H,5-6H2,1-4H3,(H,26,28). The summed E-state index contributed by atoms with van der Waals surface area (Å²) in [6.45, 7) is 8.16. The minimum absolute atomic E-state index is 0.106. The van der Waals surface area contributed by atoms with Crippen molar-refractivity contribution in [1.82, 2.24) is 14.3 Å². The second kappa shape index (κ2) is 10.2. The Kier molecular flexibility index (Phi) is 7.65. The van der Waals surface area contributed by atoms with Crippen molar-refractivity contribution in [2.45, 2.75) is 42.6 Å². The number of sulfonamides is 1. The third-order valence-corrected chi connectivity index (χ3v) is 7.64. The summed E-state index contributed by atoms with van der Waals surface area (Å²) >= 11 is 1.45. The van der Waals surface area contributed by atoms with E-state index in [9.17, 15) is 13.2 Å². The zero-order chi connectivity index (χ0) is 23.3. The lowest BCUT2D eigenvalue weighted by Crippen LogP contribution is -2.30. The molecule has 0 unspecified atom stereocenters. The van der Waals surface area contributed by atoms with E-state index >= 15 is 0 Å². The van der Waals surface area contributed by atoms with Crippen LogP contribution in [0.4, 0.5) is 5.69 Å². The smallest absolute Gasteiger partial charge is 0.255 e. The van der Waals surface area contributed by atoms with Crippen molar-refractivity contribution in [3.05, 3.63) is 71.5 Å². The van der Waals surface area contributed by atoms with Crippen molar-refractivity contribution in [2.24, 2.45) is 0 Å². The Morgan fingerprint density at radius 2 is 1.59 bits per heavy atom. The van der Waals surface area contributed by atoms with Gasteiger partial charge >= 0.3 is 0 Å². The molecule has 0 bridgehead atoms. The number of nitrogens with one attached hydrogen (secondary N) is 1. The fraction of sp³-hybridized carbons (Fsp3) is 0.261. The molecule has 3 rings (SSSR count). The Morgan fingerprint density at radius 3 is 2.19 bits per heavy atom. The van der Waals surface area contributed by atoms with Crippen LogP contribution < -0.4 is 5.32 Å². The predicted octanol–water partition coefficient (Wildman–Crippen LogP) is 4.53. The van der Waals surface area contributed by atoms with Crippen LogP contribution in [0.15, 0.2) is 69.5 Å². The Morgan fingerprint density at radius 1 is 0.969 bits per heavy atom. The van der Waals surface area contributed by atoms with Crippen LogP contribution in [0.25, 0.3) is 0 Å². The van der Waals surface area contributed by atoms with Crippen LogP contribution in [-0.2, 0) is 10.0 Å². The van der Waals surface area contributed by atoms with Gasteiger partial charge in [-0.05, 0) is 74.1 Å². The average Bonchev–Trinajstić information content (AvgIpc) is 2.75. The van der Waals surface area contributed by atoms with E-state index in [1.807, 2.05) is 32.0 Å². The molecule has 1 heterocycles. The average molecular weight is 471 g/mol. The third kappa shape index (κ3) is 5.73. The Bertz CT molecular complexity index is 1190. The van der Waals surface area contributed by atoms with Gasteiger partial charge < -0.3 is 5.32 Å². The summed E-state index contributed by atoms with van der Waals surface area (Å²) < 4.78 is 26.8. The fourth-order valence-electron chi connectivity index (χ4n) is 3.16. The molecule has 168 valence electrons. The topological polar surface area (TPSA) is 92.3 Å². The van der Waals surface area contributed by atoms with Gasteiger partial charge in [-0.15, -0.1) is 0 Å². The van der Waals surface area contributed by atoms with E-state index in [1.165, 1.54) is 28.2 Å². The summed E-state index contributed by atoms with van der Waals surface area (Å²) in [6, 6.07) is 15.3. The van der Waals surface area contributed by atoms with E-state index in [-0.39, 0.29) is 16.4 Å².